The van der Waals surface area contributed by atoms with E-state index in [4.69, 9.17) is 19.2 Å². The van der Waals surface area contributed by atoms with Gasteiger partial charge in [-0.1, -0.05) is 30.3 Å². The molecule has 0 amide bonds. The average Bonchev–Trinajstić information content (AvgIpc) is 3.31. The van der Waals surface area contributed by atoms with Gasteiger partial charge in [0.2, 0.25) is 0 Å². The van der Waals surface area contributed by atoms with Crippen molar-refractivity contribution in [2.75, 3.05) is 46.1 Å². The van der Waals surface area contributed by atoms with Crippen LogP contribution in [0.3, 0.4) is 0 Å². The van der Waals surface area contributed by atoms with Gasteiger partial charge in [0.15, 0.2) is 5.96 Å². The molecule has 7 nitrogen and oxygen atoms in total. The van der Waals surface area contributed by atoms with Gasteiger partial charge >= 0.3 is 0 Å². The zero-order valence-electron chi connectivity index (χ0n) is 19.8. The molecule has 1 aromatic carbocycles. The second kappa shape index (κ2) is 14.3. The molecule has 2 aliphatic rings. The second-order valence-electron chi connectivity index (χ2n) is 8.73. The highest BCUT2D eigenvalue weighted by Gasteiger charge is 2.34. The number of aliphatic imine (C=N–C) groups is 1. The van der Waals surface area contributed by atoms with E-state index in [0.717, 1.165) is 51.6 Å². The number of nitrogens with zero attached hydrogens (tertiary/aromatic N) is 1. The van der Waals surface area contributed by atoms with Crippen molar-refractivity contribution < 1.29 is 14.2 Å². The molecular formula is C24H41IN4O3. The Hall–Kier alpha value is -0.940. The third-order valence-corrected chi connectivity index (χ3v) is 6.01. The summed E-state index contributed by atoms with van der Waals surface area (Å²) in [5.74, 6) is 0.835. The second-order valence-corrected chi connectivity index (χ2v) is 8.73. The summed E-state index contributed by atoms with van der Waals surface area (Å²) in [6, 6.07) is 11.0. The molecule has 2 aliphatic heterocycles. The highest BCUT2D eigenvalue weighted by molar-refractivity contribution is 14.0. The fourth-order valence-corrected chi connectivity index (χ4v) is 4.14. The summed E-state index contributed by atoms with van der Waals surface area (Å²) >= 11 is 0. The van der Waals surface area contributed by atoms with Gasteiger partial charge in [0, 0.05) is 44.0 Å². The first-order chi connectivity index (χ1) is 15.1. The SMILES string of the molecule is CCNC(=NCC1(NC(C)c2ccccc2)CCOCC1)NC(C)COC1CCOC1.I. The molecule has 0 saturated carbocycles. The normalized spacial score (nSPS) is 22.6. The smallest absolute Gasteiger partial charge is 0.191 e. The lowest BCUT2D eigenvalue weighted by Gasteiger charge is -2.39. The Morgan fingerprint density at radius 3 is 2.56 bits per heavy atom. The van der Waals surface area contributed by atoms with E-state index in [1.165, 1.54) is 5.56 Å². The molecular weight excluding hydrogens is 519 g/mol. The molecule has 3 unspecified atom stereocenters. The zero-order valence-corrected chi connectivity index (χ0v) is 22.1. The van der Waals surface area contributed by atoms with Gasteiger partial charge in [-0.2, -0.15) is 0 Å². The summed E-state index contributed by atoms with van der Waals surface area (Å²) in [6.07, 6.45) is 3.11. The summed E-state index contributed by atoms with van der Waals surface area (Å²) in [4.78, 5) is 4.97. The summed E-state index contributed by atoms with van der Waals surface area (Å²) in [7, 11) is 0. The van der Waals surface area contributed by atoms with E-state index < -0.39 is 0 Å². The molecule has 3 rings (SSSR count). The summed E-state index contributed by atoms with van der Waals surface area (Å²) in [6.45, 7) is 11.6. The minimum absolute atomic E-state index is 0. The molecule has 2 heterocycles. The number of guanidine groups is 1. The van der Waals surface area contributed by atoms with E-state index in [-0.39, 0.29) is 47.7 Å². The molecule has 0 radical (unpaired) electrons. The maximum Gasteiger partial charge on any atom is 0.191 e. The number of rotatable bonds is 10. The molecule has 2 saturated heterocycles. The number of hydrogen-bond donors (Lipinski definition) is 3. The van der Waals surface area contributed by atoms with E-state index in [0.29, 0.717) is 19.8 Å². The molecule has 0 aliphatic carbocycles. The van der Waals surface area contributed by atoms with Crippen molar-refractivity contribution in [2.45, 2.75) is 63.8 Å². The van der Waals surface area contributed by atoms with Crippen LogP contribution in [0.25, 0.3) is 0 Å². The van der Waals surface area contributed by atoms with E-state index in [1.807, 2.05) is 0 Å². The zero-order chi connectivity index (χ0) is 21.9. The van der Waals surface area contributed by atoms with Gasteiger partial charge in [-0.3, -0.25) is 4.99 Å². The fourth-order valence-electron chi connectivity index (χ4n) is 4.14. The van der Waals surface area contributed by atoms with Crippen molar-refractivity contribution >= 4 is 29.9 Å². The lowest BCUT2D eigenvalue weighted by atomic mass is 9.88. The molecule has 1 aromatic rings. The Balaban J connectivity index is 0.00000363. The molecule has 2 fully saturated rings. The predicted molar refractivity (Wildman–Crippen MR) is 140 cm³/mol. The first kappa shape index (κ1) is 27.3. The van der Waals surface area contributed by atoms with Crippen LogP contribution in [0.15, 0.2) is 35.3 Å². The van der Waals surface area contributed by atoms with Crippen LogP contribution in [0.1, 0.15) is 51.6 Å². The summed E-state index contributed by atoms with van der Waals surface area (Å²) < 4.78 is 17.0. The lowest BCUT2D eigenvalue weighted by Crippen LogP contribution is -2.53. The van der Waals surface area contributed by atoms with Crippen molar-refractivity contribution in [3.8, 4) is 0 Å². The third-order valence-electron chi connectivity index (χ3n) is 6.01. The predicted octanol–water partition coefficient (Wildman–Crippen LogP) is 3.25. The molecule has 3 N–H and O–H groups in total. The number of ether oxygens (including phenoxy) is 3. The molecule has 0 spiro atoms. The largest absolute Gasteiger partial charge is 0.381 e. The van der Waals surface area contributed by atoms with Crippen LogP contribution in [-0.2, 0) is 14.2 Å². The van der Waals surface area contributed by atoms with Crippen molar-refractivity contribution in [1.29, 1.82) is 0 Å². The summed E-state index contributed by atoms with van der Waals surface area (Å²) in [5.41, 5.74) is 1.22. The van der Waals surface area contributed by atoms with Crippen LogP contribution in [0.2, 0.25) is 0 Å². The van der Waals surface area contributed by atoms with Gasteiger partial charge in [0.1, 0.15) is 0 Å². The highest BCUT2D eigenvalue weighted by Crippen LogP contribution is 2.26. The van der Waals surface area contributed by atoms with Crippen LogP contribution >= 0.6 is 24.0 Å². The summed E-state index contributed by atoms with van der Waals surface area (Å²) in [5, 5.41) is 10.8. The Labute approximate surface area is 210 Å². The van der Waals surface area contributed by atoms with Crippen LogP contribution in [0, 0.1) is 0 Å². The number of hydrogen-bond acceptors (Lipinski definition) is 5. The van der Waals surface area contributed by atoms with Gasteiger partial charge in [-0.15, -0.1) is 24.0 Å². The highest BCUT2D eigenvalue weighted by atomic mass is 127. The minimum atomic E-state index is -0.0726. The van der Waals surface area contributed by atoms with E-state index in [2.05, 4.69) is 67.1 Å². The van der Waals surface area contributed by atoms with Gasteiger partial charge < -0.3 is 30.2 Å². The minimum Gasteiger partial charge on any atom is -0.381 e. The van der Waals surface area contributed by atoms with Crippen molar-refractivity contribution in [1.82, 2.24) is 16.0 Å². The molecule has 0 aromatic heterocycles. The lowest BCUT2D eigenvalue weighted by molar-refractivity contribution is 0.0344. The number of halogens is 1. The first-order valence-corrected chi connectivity index (χ1v) is 11.7. The molecule has 32 heavy (non-hydrogen) atoms. The van der Waals surface area contributed by atoms with Gasteiger partial charge in [0.05, 0.1) is 25.9 Å². The Kier molecular flexibility index (Phi) is 12.2. The average molecular weight is 561 g/mol. The van der Waals surface area contributed by atoms with Crippen LogP contribution in [0.4, 0.5) is 0 Å². The molecule has 8 heteroatoms. The monoisotopic (exact) mass is 560 g/mol. The Morgan fingerprint density at radius 1 is 1.16 bits per heavy atom. The van der Waals surface area contributed by atoms with E-state index >= 15 is 0 Å². The Bertz CT molecular complexity index is 664. The first-order valence-electron chi connectivity index (χ1n) is 11.7. The van der Waals surface area contributed by atoms with Crippen molar-refractivity contribution in [3.63, 3.8) is 0 Å². The topological polar surface area (TPSA) is 76.1 Å². The quantitative estimate of drug-likeness (QED) is 0.232. The van der Waals surface area contributed by atoms with Crippen LogP contribution < -0.4 is 16.0 Å². The number of benzene rings is 1. The molecule has 182 valence electrons. The maximum atomic E-state index is 5.96. The van der Waals surface area contributed by atoms with Crippen LogP contribution in [0.5, 0.6) is 0 Å². The maximum absolute atomic E-state index is 5.96. The molecule has 3 atom stereocenters. The van der Waals surface area contributed by atoms with E-state index in [9.17, 15) is 0 Å². The van der Waals surface area contributed by atoms with Crippen molar-refractivity contribution in [2.24, 2.45) is 4.99 Å². The van der Waals surface area contributed by atoms with Gasteiger partial charge in [-0.05, 0) is 45.6 Å². The van der Waals surface area contributed by atoms with E-state index in [1.54, 1.807) is 0 Å². The fraction of sp³-hybridized carbons (Fsp3) is 0.708. The van der Waals surface area contributed by atoms with Crippen molar-refractivity contribution in [3.05, 3.63) is 35.9 Å². The number of nitrogens with one attached hydrogen (secondary N) is 3. The standard InChI is InChI=1S/C24H40N4O3.HI/c1-4-25-23(27-19(2)16-31-22-10-13-30-17-22)26-18-24(11-14-29-15-12-24)28-20(3)21-8-6-5-7-9-21;/h5-9,19-20,22,28H,4,10-18H2,1-3H3,(H2,25,26,27);1H. The van der Waals surface area contributed by atoms with Gasteiger partial charge in [-0.25, -0.2) is 0 Å². The Morgan fingerprint density at radius 2 is 1.91 bits per heavy atom. The molecule has 0 bridgehead atoms. The third kappa shape index (κ3) is 8.78. The van der Waals surface area contributed by atoms with Crippen LogP contribution in [-0.4, -0.2) is 69.8 Å². The van der Waals surface area contributed by atoms with Gasteiger partial charge in [0.25, 0.3) is 0 Å².